The van der Waals surface area contributed by atoms with E-state index in [1.54, 1.807) is 32.0 Å². The molecule has 0 spiro atoms. The number of anilines is 1. The van der Waals surface area contributed by atoms with Crippen LogP contribution < -0.4 is 14.2 Å². The molecule has 0 aliphatic carbocycles. The second-order valence-corrected chi connectivity index (χ2v) is 9.42. The number of hydrogen-bond donors (Lipinski definition) is 1. The number of nitriles is 1. The second-order valence-electron chi connectivity index (χ2n) is 7.87. The Bertz CT molecular complexity index is 1520. The average Bonchev–Trinajstić information content (AvgIpc) is 2.85. The topological polar surface area (TPSA) is 149 Å². The van der Waals surface area contributed by atoms with Crippen molar-refractivity contribution in [2.75, 3.05) is 11.9 Å². The van der Waals surface area contributed by atoms with E-state index >= 15 is 0 Å². The van der Waals surface area contributed by atoms with Gasteiger partial charge in [0.15, 0.2) is 11.5 Å². The van der Waals surface area contributed by atoms with Crippen LogP contribution in [0.4, 0.5) is 11.4 Å². The Kier molecular flexibility index (Phi) is 8.26. The molecule has 190 valence electrons. The number of benzene rings is 3. The average molecular weight is 522 g/mol. The lowest BCUT2D eigenvalue weighted by Crippen LogP contribution is -2.14. The van der Waals surface area contributed by atoms with Crippen LogP contribution in [0.15, 0.2) is 71.1 Å². The van der Waals surface area contributed by atoms with Gasteiger partial charge in [-0.2, -0.15) is 13.7 Å². The molecular formula is C26H23N3O7S. The van der Waals surface area contributed by atoms with E-state index in [2.05, 4.69) is 5.32 Å². The standard InChI is InChI=1S/C26H23N3O7S/c1-4-35-25-14-19(8-12-24(25)36-37(33,34)22-10-5-17(2)6-11-22)13-20(16-27)26(30)28-23-15-21(29(31)32)9-7-18(23)3/h5-15H,4H2,1-3H3,(H,28,30)/b20-13+. The summed E-state index contributed by atoms with van der Waals surface area (Å²) in [6, 6.07) is 16.2. The molecule has 11 heteroatoms. The zero-order valence-corrected chi connectivity index (χ0v) is 21.0. The number of nitrogens with one attached hydrogen (secondary N) is 1. The van der Waals surface area contributed by atoms with E-state index in [0.29, 0.717) is 11.1 Å². The maximum atomic E-state index is 12.7. The molecule has 0 radical (unpaired) electrons. The summed E-state index contributed by atoms with van der Waals surface area (Å²) in [5, 5.41) is 23.1. The van der Waals surface area contributed by atoms with Crippen LogP contribution in [-0.2, 0) is 14.9 Å². The number of nitrogens with zero attached hydrogens (tertiary/aromatic N) is 2. The number of hydrogen-bond acceptors (Lipinski definition) is 8. The molecule has 37 heavy (non-hydrogen) atoms. The molecule has 3 aromatic carbocycles. The normalized spacial score (nSPS) is 11.4. The van der Waals surface area contributed by atoms with Gasteiger partial charge in [-0.25, -0.2) is 0 Å². The predicted octanol–water partition coefficient (Wildman–Crippen LogP) is 4.92. The Morgan fingerprint density at radius 3 is 2.41 bits per heavy atom. The highest BCUT2D eigenvalue weighted by molar-refractivity contribution is 7.87. The molecule has 0 saturated heterocycles. The summed E-state index contributed by atoms with van der Waals surface area (Å²) in [7, 11) is -4.13. The highest BCUT2D eigenvalue weighted by atomic mass is 32.2. The summed E-state index contributed by atoms with van der Waals surface area (Å²) in [4.78, 5) is 23.2. The minimum atomic E-state index is -4.13. The number of amides is 1. The number of ether oxygens (including phenoxy) is 1. The van der Waals surface area contributed by atoms with E-state index in [0.717, 1.165) is 5.56 Å². The van der Waals surface area contributed by atoms with Crippen molar-refractivity contribution in [3.05, 3.63) is 93.0 Å². The zero-order chi connectivity index (χ0) is 27.2. The lowest BCUT2D eigenvalue weighted by Gasteiger charge is -2.13. The van der Waals surface area contributed by atoms with Gasteiger partial charge >= 0.3 is 10.1 Å². The lowest BCUT2D eigenvalue weighted by atomic mass is 10.1. The summed E-state index contributed by atoms with van der Waals surface area (Å²) in [5.41, 5.74) is 1.54. The van der Waals surface area contributed by atoms with Gasteiger partial charge in [-0.3, -0.25) is 14.9 Å². The van der Waals surface area contributed by atoms with Gasteiger partial charge in [0.1, 0.15) is 16.5 Å². The fourth-order valence-electron chi connectivity index (χ4n) is 3.19. The number of non-ortho nitro benzene ring substituents is 1. The number of rotatable bonds is 9. The molecule has 0 unspecified atom stereocenters. The summed E-state index contributed by atoms with van der Waals surface area (Å²) >= 11 is 0. The predicted molar refractivity (Wildman–Crippen MR) is 137 cm³/mol. The van der Waals surface area contributed by atoms with Crippen LogP contribution in [0.2, 0.25) is 0 Å². The first kappa shape index (κ1) is 26.9. The highest BCUT2D eigenvalue weighted by Gasteiger charge is 2.20. The van der Waals surface area contributed by atoms with Gasteiger partial charge in [-0.1, -0.05) is 29.8 Å². The van der Waals surface area contributed by atoms with Gasteiger partial charge in [-0.15, -0.1) is 0 Å². The number of carbonyl (C=O) groups is 1. The van der Waals surface area contributed by atoms with Gasteiger partial charge < -0.3 is 14.2 Å². The van der Waals surface area contributed by atoms with Gasteiger partial charge in [0.05, 0.1) is 17.2 Å². The fourth-order valence-corrected chi connectivity index (χ4v) is 4.13. The molecular weight excluding hydrogens is 498 g/mol. The minimum Gasteiger partial charge on any atom is -0.490 e. The Morgan fingerprint density at radius 2 is 1.78 bits per heavy atom. The van der Waals surface area contributed by atoms with E-state index in [1.807, 2.05) is 6.92 Å². The third-order valence-corrected chi connectivity index (χ3v) is 6.38. The molecule has 0 aliphatic heterocycles. The molecule has 0 aliphatic rings. The largest absolute Gasteiger partial charge is 0.490 e. The van der Waals surface area contributed by atoms with E-state index in [-0.39, 0.29) is 39.9 Å². The second kappa shape index (κ2) is 11.4. The summed E-state index contributed by atoms with van der Waals surface area (Å²) in [6.07, 6.45) is 1.28. The third kappa shape index (κ3) is 6.71. The lowest BCUT2D eigenvalue weighted by molar-refractivity contribution is -0.384. The number of aryl methyl sites for hydroxylation is 2. The van der Waals surface area contributed by atoms with Crippen molar-refractivity contribution < 1.29 is 27.1 Å². The summed E-state index contributed by atoms with van der Waals surface area (Å²) in [5.74, 6) is -0.736. The van der Waals surface area contributed by atoms with Crippen molar-refractivity contribution in [1.82, 2.24) is 0 Å². The van der Waals surface area contributed by atoms with Gasteiger partial charge in [0, 0.05) is 12.1 Å². The van der Waals surface area contributed by atoms with Crippen molar-refractivity contribution in [3.8, 4) is 17.6 Å². The Hall–Kier alpha value is -4.69. The van der Waals surface area contributed by atoms with Crippen LogP contribution >= 0.6 is 0 Å². The summed E-state index contributed by atoms with van der Waals surface area (Å²) < 4.78 is 36.2. The first-order valence-corrected chi connectivity index (χ1v) is 12.4. The van der Waals surface area contributed by atoms with Gasteiger partial charge in [-0.05, 0) is 62.2 Å². The molecule has 10 nitrogen and oxygen atoms in total. The third-order valence-electron chi connectivity index (χ3n) is 5.13. The number of carbonyl (C=O) groups excluding carboxylic acids is 1. The molecule has 0 aromatic heterocycles. The molecule has 3 aromatic rings. The van der Waals surface area contributed by atoms with Crippen LogP contribution in [-0.4, -0.2) is 25.9 Å². The van der Waals surface area contributed by atoms with Gasteiger partial charge in [0.25, 0.3) is 11.6 Å². The monoisotopic (exact) mass is 521 g/mol. The van der Waals surface area contributed by atoms with Crippen LogP contribution in [0.5, 0.6) is 11.5 Å². The highest BCUT2D eigenvalue weighted by Crippen LogP contribution is 2.32. The van der Waals surface area contributed by atoms with E-state index in [4.69, 9.17) is 8.92 Å². The fraction of sp³-hybridized carbons (Fsp3) is 0.154. The Morgan fingerprint density at radius 1 is 1.08 bits per heavy atom. The van der Waals surface area contributed by atoms with E-state index < -0.39 is 20.9 Å². The number of nitro benzene ring substituents is 1. The van der Waals surface area contributed by atoms with Gasteiger partial charge in [0.2, 0.25) is 0 Å². The van der Waals surface area contributed by atoms with Crippen LogP contribution in [0.25, 0.3) is 6.08 Å². The maximum Gasteiger partial charge on any atom is 0.339 e. The van der Waals surface area contributed by atoms with E-state index in [1.165, 1.54) is 54.6 Å². The van der Waals surface area contributed by atoms with Crippen molar-refractivity contribution in [2.24, 2.45) is 0 Å². The van der Waals surface area contributed by atoms with Crippen LogP contribution in [0, 0.1) is 35.3 Å². The van der Waals surface area contributed by atoms with Crippen molar-refractivity contribution in [3.63, 3.8) is 0 Å². The Labute approximate surface area is 214 Å². The van der Waals surface area contributed by atoms with Crippen molar-refractivity contribution >= 4 is 33.5 Å². The smallest absolute Gasteiger partial charge is 0.339 e. The quantitative estimate of drug-likeness (QED) is 0.137. The molecule has 0 bridgehead atoms. The molecule has 1 N–H and O–H groups in total. The maximum absolute atomic E-state index is 12.7. The van der Waals surface area contributed by atoms with Crippen LogP contribution in [0.3, 0.4) is 0 Å². The molecule has 0 saturated carbocycles. The van der Waals surface area contributed by atoms with Crippen LogP contribution in [0.1, 0.15) is 23.6 Å². The molecule has 0 atom stereocenters. The molecule has 0 fully saturated rings. The molecule has 0 heterocycles. The first-order valence-electron chi connectivity index (χ1n) is 11.0. The molecule has 3 rings (SSSR count). The summed E-state index contributed by atoms with van der Waals surface area (Å²) in [6.45, 7) is 5.40. The first-order chi connectivity index (χ1) is 17.5. The SMILES string of the molecule is CCOc1cc(/C=C(\C#N)C(=O)Nc2cc([N+](=O)[O-])ccc2C)ccc1OS(=O)(=O)c1ccc(C)cc1. The van der Waals surface area contributed by atoms with Crippen molar-refractivity contribution in [2.45, 2.75) is 25.7 Å². The zero-order valence-electron chi connectivity index (χ0n) is 20.2. The number of nitro groups is 1. The Balaban J connectivity index is 1.89. The van der Waals surface area contributed by atoms with E-state index in [9.17, 15) is 28.6 Å². The molecule has 1 amide bonds. The minimum absolute atomic E-state index is 0.0237. The van der Waals surface area contributed by atoms with Crippen molar-refractivity contribution in [1.29, 1.82) is 5.26 Å².